The third-order valence-electron chi connectivity index (χ3n) is 2.86. The molecule has 0 aliphatic carbocycles. The van der Waals surface area contributed by atoms with Gasteiger partial charge in [0.2, 0.25) is 0 Å². The van der Waals surface area contributed by atoms with E-state index in [1.807, 2.05) is 13.0 Å². The van der Waals surface area contributed by atoms with Gasteiger partial charge in [-0.05, 0) is 34.7 Å². The van der Waals surface area contributed by atoms with Gasteiger partial charge in [-0.1, -0.05) is 20.3 Å². The fraction of sp³-hybridized carbons (Fsp3) is 0.692. The standard InChI is InChI=1S/C13H22BrN3O/c1-3-5-10(6-7-18)9-15-13-8-11(14)16-12(4-2)17-13/h8,10,18H,3-7,9H2,1-2H3,(H,15,16,17). The smallest absolute Gasteiger partial charge is 0.131 e. The molecule has 4 nitrogen and oxygen atoms in total. The third-order valence-corrected chi connectivity index (χ3v) is 3.27. The summed E-state index contributed by atoms with van der Waals surface area (Å²) in [5, 5.41) is 12.4. The van der Waals surface area contributed by atoms with Crippen molar-refractivity contribution in [3.05, 3.63) is 16.5 Å². The minimum absolute atomic E-state index is 0.250. The van der Waals surface area contributed by atoms with Gasteiger partial charge in [-0.25, -0.2) is 9.97 Å². The van der Waals surface area contributed by atoms with Gasteiger partial charge in [-0.3, -0.25) is 0 Å². The summed E-state index contributed by atoms with van der Waals surface area (Å²) in [6, 6.07) is 1.89. The van der Waals surface area contributed by atoms with Crippen LogP contribution in [0.15, 0.2) is 10.7 Å². The molecule has 18 heavy (non-hydrogen) atoms. The number of nitrogens with one attached hydrogen (secondary N) is 1. The fourth-order valence-corrected chi connectivity index (χ4v) is 2.32. The minimum Gasteiger partial charge on any atom is -0.396 e. The van der Waals surface area contributed by atoms with Crippen LogP contribution in [0.25, 0.3) is 0 Å². The first-order valence-electron chi connectivity index (χ1n) is 6.57. The molecule has 1 heterocycles. The first kappa shape index (κ1) is 15.4. The highest BCUT2D eigenvalue weighted by molar-refractivity contribution is 9.10. The highest BCUT2D eigenvalue weighted by atomic mass is 79.9. The molecule has 1 atom stereocenters. The zero-order valence-corrected chi connectivity index (χ0v) is 12.7. The number of aliphatic hydroxyl groups excluding tert-OH is 1. The quantitative estimate of drug-likeness (QED) is 0.724. The van der Waals surface area contributed by atoms with Gasteiger partial charge >= 0.3 is 0 Å². The molecule has 0 aliphatic rings. The topological polar surface area (TPSA) is 58.0 Å². The van der Waals surface area contributed by atoms with Crippen LogP contribution in [0.3, 0.4) is 0 Å². The van der Waals surface area contributed by atoms with Gasteiger partial charge in [0, 0.05) is 25.6 Å². The van der Waals surface area contributed by atoms with Gasteiger partial charge in [0.15, 0.2) is 0 Å². The summed E-state index contributed by atoms with van der Waals surface area (Å²) in [6.07, 6.45) is 3.93. The predicted molar refractivity (Wildman–Crippen MR) is 77.7 cm³/mol. The second kappa shape index (κ2) is 8.43. The van der Waals surface area contributed by atoms with E-state index in [0.717, 1.165) is 48.5 Å². The first-order chi connectivity index (χ1) is 8.69. The number of anilines is 1. The fourth-order valence-electron chi connectivity index (χ4n) is 1.90. The summed E-state index contributed by atoms with van der Waals surface area (Å²) >= 11 is 3.39. The molecule has 1 aromatic heterocycles. The molecule has 0 bridgehead atoms. The number of aryl methyl sites for hydroxylation is 1. The second-order valence-electron chi connectivity index (χ2n) is 4.39. The average Bonchev–Trinajstić information content (AvgIpc) is 2.36. The van der Waals surface area contributed by atoms with E-state index >= 15 is 0 Å². The van der Waals surface area contributed by atoms with Crippen molar-refractivity contribution in [3.8, 4) is 0 Å². The number of halogens is 1. The molecule has 0 saturated heterocycles. The van der Waals surface area contributed by atoms with Crippen molar-refractivity contribution in [2.24, 2.45) is 5.92 Å². The van der Waals surface area contributed by atoms with Crippen LogP contribution in [0, 0.1) is 5.92 Å². The zero-order valence-electron chi connectivity index (χ0n) is 11.1. The van der Waals surface area contributed by atoms with E-state index in [0.29, 0.717) is 5.92 Å². The van der Waals surface area contributed by atoms with Crippen LogP contribution in [-0.2, 0) is 6.42 Å². The Labute approximate surface area is 117 Å². The van der Waals surface area contributed by atoms with Crippen molar-refractivity contribution in [1.29, 1.82) is 0 Å². The van der Waals surface area contributed by atoms with Crippen molar-refractivity contribution in [2.75, 3.05) is 18.5 Å². The lowest BCUT2D eigenvalue weighted by atomic mass is 10.0. The predicted octanol–water partition coefficient (Wildman–Crippen LogP) is 3.01. The Morgan fingerprint density at radius 3 is 2.72 bits per heavy atom. The normalized spacial score (nSPS) is 12.4. The molecule has 5 heteroatoms. The lowest BCUT2D eigenvalue weighted by molar-refractivity contribution is 0.255. The van der Waals surface area contributed by atoms with Gasteiger partial charge < -0.3 is 10.4 Å². The summed E-state index contributed by atoms with van der Waals surface area (Å²) < 4.78 is 0.811. The Kier molecular flexibility index (Phi) is 7.20. The molecule has 1 rings (SSSR count). The minimum atomic E-state index is 0.250. The van der Waals surface area contributed by atoms with E-state index in [4.69, 9.17) is 5.11 Å². The molecule has 102 valence electrons. The number of rotatable bonds is 8. The number of hydrogen-bond donors (Lipinski definition) is 2. The maximum Gasteiger partial charge on any atom is 0.131 e. The van der Waals surface area contributed by atoms with E-state index in [1.165, 1.54) is 0 Å². The number of aromatic nitrogens is 2. The van der Waals surface area contributed by atoms with Gasteiger partial charge in [0.05, 0.1) is 0 Å². The maximum atomic E-state index is 9.03. The molecule has 0 fully saturated rings. The Hall–Kier alpha value is -0.680. The lowest BCUT2D eigenvalue weighted by Crippen LogP contribution is -2.16. The van der Waals surface area contributed by atoms with Crippen molar-refractivity contribution in [3.63, 3.8) is 0 Å². The molecule has 1 unspecified atom stereocenters. The highest BCUT2D eigenvalue weighted by Crippen LogP contribution is 2.15. The summed E-state index contributed by atoms with van der Waals surface area (Å²) in [4.78, 5) is 8.71. The monoisotopic (exact) mass is 315 g/mol. The molecule has 0 amide bonds. The van der Waals surface area contributed by atoms with E-state index < -0.39 is 0 Å². The second-order valence-corrected chi connectivity index (χ2v) is 5.21. The zero-order chi connectivity index (χ0) is 13.4. The van der Waals surface area contributed by atoms with Crippen molar-refractivity contribution >= 4 is 21.7 Å². The van der Waals surface area contributed by atoms with Crippen LogP contribution in [0.1, 0.15) is 38.9 Å². The molecule has 0 aliphatic heterocycles. The molecule has 0 saturated carbocycles. The highest BCUT2D eigenvalue weighted by Gasteiger charge is 2.08. The number of hydrogen-bond acceptors (Lipinski definition) is 4. The Balaban J connectivity index is 2.57. The Bertz CT molecular complexity index is 354. The van der Waals surface area contributed by atoms with Gasteiger partial charge in [-0.2, -0.15) is 0 Å². The molecule has 0 radical (unpaired) electrons. The van der Waals surface area contributed by atoms with Gasteiger partial charge in [0.25, 0.3) is 0 Å². The summed E-state index contributed by atoms with van der Waals surface area (Å²) in [5.74, 6) is 2.19. The van der Waals surface area contributed by atoms with E-state index in [-0.39, 0.29) is 6.61 Å². The van der Waals surface area contributed by atoms with Crippen LogP contribution in [0.4, 0.5) is 5.82 Å². The molecule has 0 aromatic carbocycles. The van der Waals surface area contributed by atoms with Gasteiger partial charge in [-0.15, -0.1) is 0 Å². The molecular formula is C13H22BrN3O. The third kappa shape index (κ3) is 5.31. The van der Waals surface area contributed by atoms with E-state index in [1.54, 1.807) is 0 Å². The molecular weight excluding hydrogens is 294 g/mol. The SMILES string of the molecule is CCCC(CCO)CNc1cc(Br)nc(CC)n1. The van der Waals surface area contributed by atoms with Crippen molar-refractivity contribution in [2.45, 2.75) is 39.5 Å². The van der Waals surface area contributed by atoms with Crippen LogP contribution < -0.4 is 5.32 Å². The largest absolute Gasteiger partial charge is 0.396 e. The average molecular weight is 316 g/mol. The lowest BCUT2D eigenvalue weighted by Gasteiger charge is -2.16. The van der Waals surface area contributed by atoms with Crippen molar-refractivity contribution in [1.82, 2.24) is 9.97 Å². The Morgan fingerprint density at radius 2 is 2.11 bits per heavy atom. The molecule has 0 spiro atoms. The Morgan fingerprint density at radius 1 is 1.33 bits per heavy atom. The number of nitrogens with zero attached hydrogens (tertiary/aromatic N) is 2. The van der Waals surface area contributed by atoms with Crippen molar-refractivity contribution < 1.29 is 5.11 Å². The van der Waals surface area contributed by atoms with Crippen LogP contribution in [0.2, 0.25) is 0 Å². The summed E-state index contributed by atoms with van der Waals surface area (Å²) in [5.41, 5.74) is 0. The first-order valence-corrected chi connectivity index (χ1v) is 7.37. The van der Waals surface area contributed by atoms with E-state index in [9.17, 15) is 0 Å². The van der Waals surface area contributed by atoms with Crippen LogP contribution >= 0.6 is 15.9 Å². The summed E-state index contributed by atoms with van der Waals surface area (Å²) in [7, 11) is 0. The number of aliphatic hydroxyl groups is 1. The van der Waals surface area contributed by atoms with Crippen LogP contribution in [0.5, 0.6) is 0 Å². The van der Waals surface area contributed by atoms with Crippen LogP contribution in [-0.4, -0.2) is 28.2 Å². The van der Waals surface area contributed by atoms with Gasteiger partial charge in [0.1, 0.15) is 16.2 Å². The maximum absolute atomic E-state index is 9.03. The summed E-state index contributed by atoms with van der Waals surface area (Å²) in [6.45, 7) is 5.30. The van der Waals surface area contributed by atoms with E-state index in [2.05, 4.69) is 38.1 Å². The molecule has 1 aromatic rings. The molecule has 2 N–H and O–H groups in total.